The van der Waals surface area contributed by atoms with Crippen LogP contribution in [0.4, 0.5) is 5.69 Å². The van der Waals surface area contributed by atoms with Gasteiger partial charge >= 0.3 is 5.97 Å². The average Bonchev–Trinajstić information content (AvgIpc) is 2.56. The average molecular weight is 309 g/mol. The second-order valence-electron chi connectivity index (χ2n) is 4.53. The monoisotopic (exact) mass is 309 g/mol. The molecule has 0 unspecified atom stereocenters. The van der Waals surface area contributed by atoms with E-state index in [0.29, 0.717) is 13.0 Å². The van der Waals surface area contributed by atoms with E-state index in [0.717, 1.165) is 16.8 Å². The molecule has 0 fully saturated rings. The van der Waals surface area contributed by atoms with E-state index in [4.69, 9.17) is 4.74 Å². The Balaban J connectivity index is 1.77. The fourth-order valence-corrected chi connectivity index (χ4v) is 1.94. The number of hydrogen-bond acceptors (Lipinski definition) is 4. The van der Waals surface area contributed by atoms with Crippen LogP contribution in [0.2, 0.25) is 0 Å². The molecule has 0 saturated heterocycles. The minimum absolute atomic E-state index is 0.341. The van der Waals surface area contributed by atoms with E-state index in [1.807, 2.05) is 54.6 Å². The van der Waals surface area contributed by atoms with Crippen molar-refractivity contribution in [1.82, 2.24) is 0 Å². The van der Waals surface area contributed by atoms with Gasteiger partial charge < -0.3 is 4.74 Å². The van der Waals surface area contributed by atoms with Gasteiger partial charge in [0.2, 0.25) is 0 Å². The minimum atomic E-state index is -0.342. The van der Waals surface area contributed by atoms with Gasteiger partial charge in [-0.3, -0.25) is 0 Å². The molecule has 0 aliphatic rings. The standard InChI is InChI=1S/C18H15NO2S/c20-18(11-8-15-4-2-1-3-5-15)21-13-12-16-6-9-17(10-7-16)19-14-22/h1-11H,12-13H2/b11-8+. The Hall–Kier alpha value is -2.55. The molecule has 0 saturated carbocycles. The molecule has 0 spiro atoms. The molecule has 0 aromatic heterocycles. The Morgan fingerprint density at radius 1 is 1.14 bits per heavy atom. The van der Waals surface area contributed by atoms with E-state index in [2.05, 4.69) is 22.4 Å². The highest BCUT2D eigenvalue weighted by Crippen LogP contribution is 2.12. The molecule has 0 amide bonds. The molecule has 2 aromatic rings. The van der Waals surface area contributed by atoms with E-state index in [1.165, 1.54) is 6.08 Å². The summed E-state index contributed by atoms with van der Waals surface area (Å²) in [6, 6.07) is 17.2. The van der Waals surface area contributed by atoms with Gasteiger partial charge in [-0.2, -0.15) is 4.99 Å². The van der Waals surface area contributed by atoms with E-state index >= 15 is 0 Å². The number of isothiocyanates is 1. The zero-order chi connectivity index (χ0) is 15.6. The Morgan fingerprint density at radius 2 is 1.86 bits per heavy atom. The zero-order valence-electron chi connectivity index (χ0n) is 11.9. The lowest BCUT2D eigenvalue weighted by Gasteiger charge is -2.03. The van der Waals surface area contributed by atoms with Crippen LogP contribution in [0.1, 0.15) is 11.1 Å². The summed E-state index contributed by atoms with van der Waals surface area (Å²) in [5.74, 6) is -0.342. The lowest BCUT2D eigenvalue weighted by atomic mass is 10.1. The van der Waals surface area contributed by atoms with Crippen molar-refractivity contribution in [3.05, 3.63) is 71.8 Å². The van der Waals surface area contributed by atoms with Crippen molar-refractivity contribution in [2.75, 3.05) is 6.61 Å². The normalized spacial score (nSPS) is 10.2. The number of rotatable bonds is 6. The third kappa shape index (κ3) is 5.44. The molecule has 22 heavy (non-hydrogen) atoms. The number of aliphatic imine (C=N–C) groups is 1. The summed E-state index contributed by atoms with van der Waals surface area (Å²) >= 11 is 4.55. The maximum Gasteiger partial charge on any atom is 0.330 e. The maximum absolute atomic E-state index is 11.6. The molecule has 0 bridgehead atoms. The van der Waals surface area contributed by atoms with Crippen molar-refractivity contribution in [3.8, 4) is 0 Å². The second kappa shape index (κ2) is 8.67. The number of esters is 1. The van der Waals surface area contributed by atoms with Gasteiger partial charge in [0.15, 0.2) is 0 Å². The van der Waals surface area contributed by atoms with E-state index in [-0.39, 0.29) is 5.97 Å². The van der Waals surface area contributed by atoms with Crippen LogP contribution in [0.15, 0.2) is 65.7 Å². The van der Waals surface area contributed by atoms with Crippen molar-refractivity contribution in [3.63, 3.8) is 0 Å². The molecule has 2 rings (SSSR count). The lowest BCUT2D eigenvalue weighted by Crippen LogP contribution is -2.04. The van der Waals surface area contributed by atoms with Crippen LogP contribution in [0.3, 0.4) is 0 Å². The summed E-state index contributed by atoms with van der Waals surface area (Å²) < 4.78 is 5.17. The first-order valence-corrected chi connectivity index (χ1v) is 7.25. The minimum Gasteiger partial charge on any atom is -0.462 e. The molecule has 2 aromatic carbocycles. The summed E-state index contributed by atoms with van der Waals surface area (Å²) in [5.41, 5.74) is 2.80. The molecule has 0 radical (unpaired) electrons. The SMILES string of the molecule is O=C(/C=C/c1ccccc1)OCCc1ccc(N=C=S)cc1. The van der Waals surface area contributed by atoms with Gasteiger partial charge in [-0.25, -0.2) is 4.79 Å². The van der Waals surface area contributed by atoms with Crippen LogP contribution >= 0.6 is 12.2 Å². The number of carbonyl (C=O) groups is 1. The molecule has 4 heteroatoms. The molecule has 0 aliphatic carbocycles. The van der Waals surface area contributed by atoms with Crippen molar-refractivity contribution in [1.29, 1.82) is 0 Å². The van der Waals surface area contributed by atoms with Crippen LogP contribution in [0, 0.1) is 0 Å². The first-order valence-electron chi connectivity index (χ1n) is 6.84. The summed E-state index contributed by atoms with van der Waals surface area (Å²) in [7, 11) is 0. The first-order chi connectivity index (χ1) is 10.8. The van der Waals surface area contributed by atoms with Crippen LogP contribution < -0.4 is 0 Å². The lowest BCUT2D eigenvalue weighted by molar-refractivity contribution is -0.137. The van der Waals surface area contributed by atoms with Crippen molar-refractivity contribution in [2.45, 2.75) is 6.42 Å². The van der Waals surface area contributed by atoms with Crippen LogP contribution in [0.25, 0.3) is 6.08 Å². The Morgan fingerprint density at radius 3 is 2.55 bits per heavy atom. The smallest absolute Gasteiger partial charge is 0.330 e. The number of hydrogen-bond donors (Lipinski definition) is 0. The fraction of sp³-hybridized carbons (Fsp3) is 0.111. The second-order valence-corrected chi connectivity index (χ2v) is 4.71. The number of ether oxygens (including phenoxy) is 1. The molecule has 0 heterocycles. The van der Waals surface area contributed by atoms with Gasteiger partial charge in [0, 0.05) is 12.5 Å². The van der Waals surface area contributed by atoms with Gasteiger partial charge in [0.1, 0.15) is 0 Å². The third-order valence-electron chi connectivity index (χ3n) is 2.96. The van der Waals surface area contributed by atoms with Gasteiger partial charge in [-0.05, 0) is 41.6 Å². The Labute approximate surface area is 135 Å². The van der Waals surface area contributed by atoms with Gasteiger partial charge in [-0.1, -0.05) is 42.5 Å². The highest BCUT2D eigenvalue weighted by Gasteiger charge is 1.99. The number of nitrogens with zero attached hydrogens (tertiary/aromatic N) is 1. The molecular weight excluding hydrogens is 294 g/mol. The Kier molecular flexibility index (Phi) is 6.24. The van der Waals surface area contributed by atoms with Crippen molar-refractivity contribution < 1.29 is 9.53 Å². The fourth-order valence-electron chi connectivity index (χ4n) is 1.84. The van der Waals surface area contributed by atoms with Gasteiger partial charge in [0.25, 0.3) is 0 Å². The van der Waals surface area contributed by atoms with Crippen LogP contribution in [-0.2, 0) is 16.0 Å². The largest absolute Gasteiger partial charge is 0.462 e. The van der Waals surface area contributed by atoms with E-state index in [1.54, 1.807) is 6.08 Å². The summed E-state index contributed by atoms with van der Waals surface area (Å²) in [6.45, 7) is 0.341. The van der Waals surface area contributed by atoms with Crippen molar-refractivity contribution >= 4 is 35.1 Å². The van der Waals surface area contributed by atoms with Crippen molar-refractivity contribution in [2.24, 2.45) is 4.99 Å². The van der Waals surface area contributed by atoms with Crippen LogP contribution in [0.5, 0.6) is 0 Å². The maximum atomic E-state index is 11.6. The quantitative estimate of drug-likeness (QED) is 0.347. The van der Waals surface area contributed by atoms with Crippen LogP contribution in [-0.4, -0.2) is 17.7 Å². The predicted molar refractivity (Wildman–Crippen MR) is 91.3 cm³/mol. The highest BCUT2D eigenvalue weighted by atomic mass is 32.1. The molecule has 0 N–H and O–H groups in total. The first kappa shape index (κ1) is 15.8. The Bertz CT molecular complexity index is 687. The van der Waals surface area contributed by atoms with Gasteiger partial charge in [0.05, 0.1) is 17.5 Å². The number of benzene rings is 2. The predicted octanol–water partition coefficient (Wildman–Crippen LogP) is 4.22. The topological polar surface area (TPSA) is 38.7 Å². The highest BCUT2D eigenvalue weighted by molar-refractivity contribution is 7.78. The molecule has 0 aliphatic heterocycles. The number of thiocarbonyl (C=S) groups is 1. The van der Waals surface area contributed by atoms with E-state index < -0.39 is 0 Å². The molecule has 3 nitrogen and oxygen atoms in total. The summed E-state index contributed by atoms with van der Waals surface area (Å²) in [6.07, 6.45) is 3.83. The molecular formula is C18H15NO2S. The van der Waals surface area contributed by atoms with E-state index in [9.17, 15) is 4.79 Å². The number of carbonyl (C=O) groups excluding carboxylic acids is 1. The third-order valence-corrected chi connectivity index (χ3v) is 3.05. The zero-order valence-corrected chi connectivity index (χ0v) is 12.8. The summed E-state index contributed by atoms with van der Waals surface area (Å²) in [5, 5.41) is 2.32. The molecule has 110 valence electrons. The van der Waals surface area contributed by atoms with Gasteiger partial charge in [-0.15, -0.1) is 0 Å². The molecule has 0 atom stereocenters. The summed E-state index contributed by atoms with van der Waals surface area (Å²) in [4.78, 5) is 15.5.